The third kappa shape index (κ3) is 4.33. The molecule has 0 aliphatic rings. The van der Waals surface area contributed by atoms with Crippen molar-refractivity contribution in [2.75, 3.05) is 6.26 Å². The summed E-state index contributed by atoms with van der Waals surface area (Å²) in [6.07, 6.45) is 1.76. The predicted octanol–water partition coefficient (Wildman–Crippen LogP) is 3.89. The standard InChI is InChI=1S/C19H13F2N3O2S/c1-27-19-23-17(16(9-22)18(25)24-19)12-4-2-3-11(5-12)10-26-15-7-13(20)6-14(21)8-15/h2-8H,10H2,1H3,(H,23,24,25). The van der Waals surface area contributed by atoms with Crippen LogP contribution in [0.2, 0.25) is 0 Å². The van der Waals surface area contributed by atoms with Gasteiger partial charge in [-0.05, 0) is 17.9 Å². The van der Waals surface area contributed by atoms with Gasteiger partial charge in [-0.3, -0.25) is 4.79 Å². The van der Waals surface area contributed by atoms with Crippen LogP contribution in [-0.4, -0.2) is 16.2 Å². The molecule has 0 saturated carbocycles. The van der Waals surface area contributed by atoms with Gasteiger partial charge in [0, 0.05) is 23.8 Å². The number of hydrogen-bond acceptors (Lipinski definition) is 5. The number of aromatic amines is 1. The summed E-state index contributed by atoms with van der Waals surface area (Å²) >= 11 is 1.25. The maximum atomic E-state index is 13.2. The summed E-state index contributed by atoms with van der Waals surface area (Å²) in [7, 11) is 0. The van der Waals surface area contributed by atoms with Crippen LogP contribution in [-0.2, 0) is 6.61 Å². The monoisotopic (exact) mass is 385 g/mol. The second kappa shape index (κ2) is 8.01. The average molecular weight is 385 g/mol. The lowest BCUT2D eigenvalue weighted by Crippen LogP contribution is -2.14. The van der Waals surface area contributed by atoms with Crippen LogP contribution in [0, 0.1) is 23.0 Å². The van der Waals surface area contributed by atoms with Crippen molar-refractivity contribution in [2.24, 2.45) is 0 Å². The number of nitrogens with zero attached hydrogens (tertiary/aromatic N) is 2. The Balaban J connectivity index is 1.91. The van der Waals surface area contributed by atoms with Gasteiger partial charge in [-0.25, -0.2) is 13.8 Å². The van der Waals surface area contributed by atoms with Gasteiger partial charge in [0.15, 0.2) is 5.16 Å². The zero-order valence-corrected chi connectivity index (χ0v) is 14.9. The normalized spacial score (nSPS) is 10.4. The molecule has 0 saturated heterocycles. The molecule has 0 radical (unpaired) electrons. The minimum absolute atomic E-state index is 0.0528. The summed E-state index contributed by atoms with van der Waals surface area (Å²) in [4.78, 5) is 18.9. The topological polar surface area (TPSA) is 78.8 Å². The van der Waals surface area contributed by atoms with E-state index in [9.17, 15) is 18.8 Å². The molecule has 0 fully saturated rings. The van der Waals surface area contributed by atoms with Gasteiger partial charge < -0.3 is 9.72 Å². The van der Waals surface area contributed by atoms with Crippen molar-refractivity contribution in [1.82, 2.24) is 9.97 Å². The molecule has 1 heterocycles. The quantitative estimate of drug-likeness (QED) is 0.533. The van der Waals surface area contributed by atoms with Crippen molar-refractivity contribution in [3.63, 3.8) is 0 Å². The number of aromatic nitrogens is 2. The number of halogens is 2. The van der Waals surface area contributed by atoms with Crippen LogP contribution in [0.25, 0.3) is 11.3 Å². The van der Waals surface area contributed by atoms with E-state index in [1.807, 2.05) is 6.07 Å². The summed E-state index contributed by atoms with van der Waals surface area (Å²) < 4.78 is 31.9. The van der Waals surface area contributed by atoms with Crippen molar-refractivity contribution in [2.45, 2.75) is 11.8 Å². The maximum Gasteiger partial charge on any atom is 0.270 e. The van der Waals surface area contributed by atoms with Gasteiger partial charge in [-0.15, -0.1) is 0 Å². The number of H-pyrrole nitrogens is 1. The molecule has 0 unspecified atom stereocenters. The predicted molar refractivity (Wildman–Crippen MR) is 97.5 cm³/mol. The molecule has 0 atom stereocenters. The van der Waals surface area contributed by atoms with E-state index >= 15 is 0 Å². The Morgan fingerprint density at radius 2 is 1.96 bits per heavy atom. The summed E-state index contributed by atoms with van der Waals surface area (Å²) in [5.41, 5.74) is 0.930. The minimum Gasteiger partial charge on any atom is -0.489 e. The van der Waals surface area contributed by atoms with Gasteiger partial charge in [-0.1, -0.05) is 30.0 Å². The summed E-state index contributed by atoms with van der Waals surface area (Å²) in [6.45, 7) is 0.0528. The molecular formula is C19H13F2N3O2S. The molecule has 3 aromatic rings. The Morgan fingerprint density at radius 1 is 1.22 bits per heavy atom. The lowest BCUT2D eigenvalue weighted by Gasteiger charge is -2.09. The first-order chi connectivity index (χ1) is 13.0. The number of nitrogens with one attached hydrogen (secondary N) is 1. The van der Waals surface area contributed by atoms with Crippen LogP contribution >= 0.6 is 11.8 Å². The highest BCUT2D eigenvalue weighted by molar-refractivity contribution is 7.98. The van der Waals surface area contributed by atoms with Crippen molar-refractivity contribution in [3.05, 3.63) is 75.6 Å². The molecule has 0 spiro atoms. The van der Waals surface area contributed by atoms with E-state index in [-0.39, 0.29) is 23.6 Å². The van der Waals surface area contributed by atoms with Crippen LogP contribution in [0.1, 0.15) is 11.1 Å². The minimum atomic E-state index is -0.727. The lowest BCUT2D eigenvalue weighted by atomic mass is 10.1. The zero-order valence-electron chi connectivity index (χ0n) is 14.1. The Bertz CT molecular complexity index is 1070. The van der Waals surface area contributed by atoms with Gasteiger partial charge in [-0.2, -0.15) is 5.26 Å². The SMILES string of the molecule is CSc1nc(-c2cccc(COc3cc(F)cc(F)c3)c2)c(C#N)c(=O)[nH]1. The number of benzene rings is 2. The first-order valence-electron chi connectivity index (χ1n) is 7.77. The van der Waals surface area contributed by atoms with E-state index in [0.717, 1.165) is 18.2 Å². The zero-order chi connectivity index (χ0) is 19.4. The highest BCUT2D eigenvalue weighted by Crippen LogP contribution is 2.23. The summed E-state index contributed by atoms with van der Waals surface area (Å²) in [5, 5.41) is 9.68. The Kier molecular flexibility index (Phi) is 5.52. The van der Waals surface area contributed by atoms with E-state index in [1.165, 1.54) is 11.8 Å². The highest BCUT2D eigenvalue weighted by Gasteiger charge is 2.13. The van der Waals surface area contributed by atoms with Gasteiger partial charge in [0.05, 0.1) is 5.69 Å². The molecular weight excluding hydrogens is 372 g/mol. The first kappa shape index (κ1) is 18.6. The fraction of sp³-hybridized carbons (Fsp3) is 0.105. The summed E-state index contributed by atoms with van der Waals surface area (Å²) in [6, 6.07) is 11.7. The Labute approximate surface area is 157 Å². The third-order valence-corrected chi connectivity index (χ3v) is 4.22. The van der Waals surface area contributed by atoms with Crippen molar-refractivity contribution >= 4 is 11.8 Å². The molecule has 2 aromatic carbocycles. The number of rotatable bonds is 5. The first-order valence-corrected chi connectivity index (χ1v) is 8.99. The van der Waals surface area contributed by atoms with Crippen LogP contribution in [0.3, 0.4) is 0 Å². The molecule has 0 amide bonds. The molecule has 1 aromatic heterocycles. The molecule has 1 N–H and O–H groups in total. The van der Waals surface area contributed by atoms with E-state index in [0.29, 0.717) is 16.3 Å². The van der Waals surface area contributed by atoms with Gasteiger partial charge in [0.1, 0.15) is 35.6 Å². The maximum absolute atomic E-state index is 13.2. The van der Waals surface area contributed by atoms with Gasteiger partial charge in [0.2, 0.25) is 0 Å². The third-order valence-electron chi connectivity index (χ3n) is 3.64. The molecule has 0 aliphatic heterocycles. The van der Waals surface area contributed by atoms with Crippen molar-refractivity contribution in [3.8, 4) is 23.1 Å². The highest BCUT2D eigenvalue weighted by atomic mass is 32.2. The van der Waals surface area contributed by atoms with Crippen molar-refractivity contribution < 1.29 is 13.5 Å². The average Bonchev–Trinajstić information content (AvgIpc) is 2.65. The molecule has 27 heavy (non-hydrogen) atoms. The summed E-state index contributed by atoms with van der Waals surface area (Å²) in [5.74, 6) is -1.39. The van der Waals surface area contributed by atoms with Crippen LogP contribution in [0.15, 0.2) is 52.4 Å². The van der Waals surface area contributed by atoms with E-state index in [2.05, 4.69) is 9.97 Å². The van der Waals surface area contributed by atoms with Crippen LogP contribution in [0.5, 0.6) is 5.75 Å². The number of nitriles is 1. The fourth-order valence-electron chi connectivity index (χ4n) is 2.45. The molecule has 136 valence electrons. The molecule has 5 nitrogen and oxygen atoms in total. The molecule has 3 rings (SSSR count). The van der Waals surface area contributed by atoms with E-state index < -0.39 is 17.2 Å². The van der Waals surface area contributed by atoms with Crippen LogP contribution < -0.4 is 10.3 Å². The number of ether oxygens (including phenoxy) is 1. The second-order valence-electron chi connectivity index (χ2n) is 5.50. The second-order valence-corrected chi connectivity index (χ2v) is 6.30. The van der Waals surface area contributed by atoms with Crippen LogP contribution in [0.4, 0.5) is 8.78 Å². The molecule has 0 bridgehead atoms. The van der Waals surface area contributed by atoms with Gasteiger partial charge >= 0.3 is 0 Å². The van der Waals surface area contributed by atoms with Crippen molar-refractivity contribution in [1.29, 1.82) is 5.26 Å². The smallest absolute Gasteiger partial charge is 0.270 e. The fourth-order valence-corrected chi connectivity index (χ4v) is 2.83. The molecule has 8 heteroatoms. The Hall–Kier alpha value is -3.18. The number of thioether (sulfide) groups is 1. The lowest BCUT2D eigenvalue weighted by molar-refractivity contribution is 0.302. The Morgan fingerprint density at radius 3 is 2.63 bits per heavy atom. The van der Waals surface area contributed by atoms with E-state index in [1.54, 1.807) is 30.5 Å². The van der Waals surface area contributed by atoms with Gasteiger partial charge in [0.25, 0.3) is 5.56 Å². The number of hydrogen-bond donors (Lipinski definition) is 1. The largest absolute Gasteiger partial charge is 0.489 e. The molecule has 0 aliphatic carbocycles. The van der Waals surface area contributed by atoms with E-state index in [4.69, 9.17) is 4.74 Å².